The molecule has 0 radical (unpaired) electrons. The van der Waals surface area contributed by atoms with E-state index in [1.54, 1.807) is 4.68 Å². The lowest BCUT2D eigenvalue weighted by Gasteiger charge is -2.26. The van der Waals surface area contributed by atoms with Crippen LogP contribution in [0.5, 0.6) is 0 Å². The molecule has 0 aliphatic heterocycles. The van der Waals surface area contributed by atoms with Crippen molar-refractivity contribution in [3.8, 4) is 5.69 Å². The third-order valence-electron chi connectivity index (χ3n) is 2.93. The summed E-state index contributed by atoms with van der Waals surface area (Å²) in [5.41, 5.74) is 6.51. The summed E-state index contributed by atoms with van der Waals surface area (Å²) in [6.45, 7) is 4.87. The lowest BCUT2D eigenvalue weighted by atomic mass is 10.3. The van der Waals surface area contributed by atoms with Gasteiger partial charge in [-0.2, -0.15) is 4.68 Å². The molecule has 0 unspecified atom stereocenters. The smallest absolute Gasteiger partial charge is 0.250 e. The molecule has 1 aromatic heterocycles. The van der Waals surface area contributed by atoms with Crippen molar-refractivity contribution in [3.05, 3.63) is 30.3 Å². The maximum Gasteiger partial charge on any atom is 0.250 e. The average Bonchev–Trinajstić information content (AvgIpc) is 2.88. The van der Waals surface area contributed by atoms with E-state index in [9.17, 15) is 0 Å². The molecule has 0 spiro atoms. The van der Waals surface area contributed by atoms with Crippen LogP contribution in [-0.4, -0.2) is 37.8 Å². The molecule has 1 aromatic carbocycles. The third kappa shape index (κ3) is 3.30. The Hall–Kier alpha value is -2.02. The number of anilines is 1. The van der Waals surface area contributed by atoms with Gasteiger partial charge in [0.15, 0.2) is 0 Å². The molecule has 0 bridgehead atoms. The fraction of sp³-hybridized carbons (Fsp3) is 0.385. The molecule has 2 rings (SSSR count). The zero-order chi connectivity index (χ0) is 14.5. The highest BCUT2D eigenvalue weighted by Gasteiger charge is 2.18. The highest BCUT2D eigenvalue weighted by atomic mass is 32.1. The second-order valence-corrected chi connectivity index (χ2v) is 5.25. The fourth-order valence-corrected chi connectivity index (χ4v) is 2.01. The summed E-state index contributed by atoms with van der Waals surface area (Å²) in [6.07, 6.45) is 0.634. The van der Waals surface area contributed by atoms with Crippen molar-refractivity contribution in [1.29, 1.82) is 0 Å². The number of hydrogen-bond donors (Lipinski definition) is 1. The van der Waals surface area contributed by atoms with Crippen LogP contribution >= 0.6 is 12.2 Å². The molecule has 0 aliphatic carbocycles. The van der Waals surface area contributed by atoms with Gasteiger partial charge in [-0.1, -0.05) is 35.5 Å². The first kappa shape index (κ1) is 14.4. The van der Waals surface area contributed by atoms with E-state index in [-0.39, 0.29) is 6.04 Å². The highest BCUT2D eigenvalue weighted by molar-refractivity contribution is 7.80. The Morgan fingerprint density at radius 3 is 2.65 bits per heavy atom. The summed E-state index contributed by atoms with van der Waals surface area (Å²) in [4.78, 5) is 2.58. The molecule has 1 heterocycles. The van der Waals surface area contributed by atoms with Gasteiger partial charge in [0.2, 0.25) is 0 Å². The summed E-state index contributed by atoms with van der Waals surface area (Å²) in [6, 6.07) is 10.0. The minimum atomic E-state index is 0.248. The zero-order valence-corrected chi connectivity index (χ0v) is 12.4. The number of nitrogens with two attached hydrogens (primary N) is 1. The van der Waals surface area contributed by atoms with Crippen molar-refractivity contribution in [2.75, 3.05) is 11.4 Å². The van der Waals surface area contributed by atoms with Gasteiger partial charge in [0.1, 0.15) is 0 Å². The van der Waals surface area contributed by atoms with E-state index in [1.165, 1.54) is 0 Å². The second-order valence-electron chi connectivity index (χ2n) is 4.73. The number of rotatable bonds is 6. The van der Waals surface area contributed by atoms with E-state index >= 15 is 0 Å². The molecule has 0 saturated heterocycles. The van der Waals surface area contributed by atoms with E-state index in [4.69, 9.17) is 18.0 Å². The van der Waals surface area contributed by atoms with Gasteiger partial charge in [-0.05, 0) is 36.4 Å². The number of nitrogens with zero attached hydrogens (tertiary/aromatic N) is 5. The van der Waals surface area contributed by atoms with E-state index < -0.39 is 0 Å². The number of tetrazole rings is 1. The molecule has 0 amide bonds. The van der Waals surface area contributed by atoms with Crippen LogP contribution in [0.3, 0.4) is 0 Å². The molecule has 20 heavy (non-hydrogen) atoms. The van der Waals surface area contributed by atoms with Crippen LogP contribution in [-0.2, 0) is 0 Å². The maximum atomic E-state index is 5.59. The third-order valence-corrected chi connectivity index (χ3v) is 3.14. The number of hydrogen-bond acceptors (Lipinski definition) is 5. The molecule has 2 N–H and O–H groups in total. The van der Waals surface area contributed by atoms with Gasteiger partial charge in [-0.3, -0.25) is 0 Å². The van der Waals surface area contributed by atoms with Gasteiger partial charge >= 0.3 is 0 Å². The van der Waals surface area contributed by atoms with Crippen molar-refractivity contribution in [2.45, 2.75) is 26.3 Å². The first-order valence-corrected chi connectivity index (χ1v) is 6.89. The quantitative estimate of drug-likeness (QED) is 0.814. The standard InChI is InChI=1S/C13H18N6S/c1-10(2)18(9-8-12(14)20)13-15-16-17-19(13)11-6-4-3-5-7-11/h3-7,10H,8-9H2,1-2H3,(H2,14,20). The summed E-state index contributed by atoms with van der Waals surface area (Å²) in [5, 5.41) is 12.0. The van der Waals surface area contributed by atoms with Gasteiger partial charge in [-0.25, -0.2) is 0 Å². The predicted octanol–water partition coefficient (Wildman–Crippen LogP) is 1.55. The van der Waals surface area contributed by atoms with Crippen LogP contribution in [0.4, 0.5) is 5.95 Å². The summed E-state index contributed by atoms with van der Waals surface area (Å²) < 4.78 is 1.72. The predicted molar refractivity (Wildman–Crippen MR) is 83.0 cm³/mol. The largest absolute Gasteiger partial charge is 0.393 e. The SMILES string of the molecule is CC(C)N(CCC(N)=S)c1nnnn1-c1ccccc1. The minimum Gasteiger partial charge on any atom is -0.393 e. The topological polar surface area (TPSA) is 72.9 Å². The van der Waals surface area contributed by atoms with Crippen molar-refractivity contribution in [2.24, 2.45) is 5.73 Å². The number of para-hydroxylation sites is 1. The minimum absolute atomic E-state index is 0.248. The Balaban J connectivity index is 2.31. The molecule has 0 fully saturated rings. The normalized spacial score (nSPS) is 10.8. The Labute approximate surface area is 123 Å². The highest BCUT2D eigenvalue weighted by Crippen LogP contribution is 2.17. The van der Waals surface area contributed by atoms with Crippen LogP contribution in [0, 0.1) is 0 Å². The van der Waals surface area contributed by atoms with Gasteiger partial charge < -0.3 is 10.6 Å². The Morgan fingerprint density at radius 2 is 2.05 bits per heavy atom. The summed E-state index contributed by atoms with van der Waals surface area (Å²) in [5.74, 6) is 0.697. The molecular formula is C13H18N6S. The monoisotopic (exact) mass is 290 g/mol. The van der Waals surface area contributed by atoms with E-state index in [1.807, 2.05) is 30.3 Å². The summed E-state index contributed by atoms with van der Waals surface area (Å²) in [7, 11) is 0. The molecule has 2 aromatic rings. The Kier molecular flexibility index (Phi) is 4.62. The van der Waals surface area contributed by atoms with Crippen LogP contribution < -0.4 is 10.6 Å². The maximum absolute atomic E-state index is 5.59. The van der Waals surface area contributed by atoms with Crippen LogP contribution in [0.1, 0.15) is 20.3 Å². The van der Waals surface area contributed by atoms with Gasteiger partial charge in [-0.15, -0.1) is 0 Å². The summed E-state index contributed by atoms with van der Waals surface area (Å²) >= 11 is 4.95. The van der Waals surface area contributed by atoms with Crippen LogP contribution in [0.2, 0.25) is 0 Å². The van der Waals surface area contributed by atoms with Gasteiger partial charge in [0, 0.05) is 19.0 Å². The lowest BCUT2D eigenvalue weighted by molar-refractivity contribution is 0.655. The molecule has 6 nitrogen and oxygen atoms in total. The molecule has 0 aliphatic rings. The van der Waals surface area contributed by atoms with Crippen molar-refractivity contribution >= 4 is 23.2 Å². The molecular weight excluding hydrogens is 272 g/mol. The Bertz CT molecular complexity index is 565. The van der Waals surface area contributed by atoms with E-state index in [0.29, 0.717) is 23.9 Å². The molecule has 7 heteroatoms. The van der Waals surface area contributed by atoms with E-state index in [0.717, 1.165) is 5.69 Å². The number of thiocarbonyl (C=S) groups is 1. The van der Waals surface area contributed by atoms with Gasteiger partial charge in [0.05, 0.1) is 10.7 Å². The first-order valence-electron chi connectivity index (χ1n) is 6.48. The van der Waals surface area contributed by atoms with Crippen LogP contribution in [0.15, 0.2) is 30.3 Å². The second kappa shape index (κ2) is 6.42. The molecule has 106 valence electrons. The lowest BCUT2D eigenvalue weighted by Crippen LogP contribution is -2.35. The number of aromatic nitrogens is 4. The van der Waals surface area contributed by atoms with E-state index in [2.05, 4.69) is 34.3 Å². The van der Waals surface area contributed by atoms with Crippen LogP contribution in [0.25, 0.3) is 5.69 Å². The fourth-order valence-electron chi connectivity index (χ4n) is 1.92. The van der Waals surface area contributed by atoms with Crippen molar-refractivity contribution in [1.82, 2.24) is 20.2 Å². The average molecular weight is 290 g/mol. The van der Waals surface area contributed by atoms with Crippen molar-refractivity contribution < 1.29 is 0 Å². The zero-order valence-electron chi connectivity index (χ0n) is 11.6. The van der Waals surface area contributed by atoms with Gasteiger partial charge in [0.25, 0.3) is 5.95 Å². The Morgan fingerprint density at radius 1 is 1.35 bits per heavy atom. The molecule has 0 atom stereocenters. The molecule has 0 saturated carbocycles. The number of benzene rings is 1. The first-order chi connectivity index (χ1) is 9.59. The van der Waals surface area contributed by atoms with Crippen molar-refractivity contribution in [3.63, 3.8) is 0 Å².